The molecule has 3 nitrogen and oxygen atoms in total. The van der Waals surface area contributed by atoms with Crippen LogP contribution >= 0.6 is 0 Å². The number of likely N-dealkylation sites (tertiary alicyclic amines) is 1. The van der Waals surface area contributed by atoms with Crippen LogP contribution in [0.4, 0.5) is 10.1 Å². The maximum atomic E-state index is 13.1. The molecule has 0 bridgehead atoms. The quantitative estimate of drug-likeness (QED) is 0.864. The molecule has 2 aromatic rings. The number of aliphatic hydroxyl groups is 1. The summed E-state index contributed by atoms with van der Waals surface area (Å²) in [5.41, 5.74) is 3.34. The third kappa shape index (κ3) is 3.55. The van der Waals surface area contributed by atoms with Gasteiger partial charge >= 0.3 is 0 Å². The van der Waals surface area contributed by atoms with Gasteiger partial charge in [-0.1, -0.05) is 30.3 Å². The normalized spacial score (nSPS) is 22.9. The van der Waals surface area contributed by atoms with E-state index in [0.29, 0.717) is 0 Å². The fourth-order valence-corrected chi connectivity index (χ4v) is 4.18. The minimum atomic E-state index is -0.375. The lowest BCUT2D eigenvalue weighted by Gasteiger charge is -2.42. The molecule has 0 saturated carbocycles. The lowest BCUT2D eigenvalue weighted by molar-refractivity contribution is 0.131. The van der Waals surface area contributed by atoms with Crippen molar-refractivity contribution in [3.8, 4) is 0 Å². The number of fused-ring (bicyclic) bond motifs is 1. The second kappa shape index (κ2) is 6.77. The molecule has 0 radical (unpaired) electrons. The van der Waals surface area contributed by atoms with Crippen LogP contribution in [0.1, 0.15) is 42.9 Å². The number of hydrogen-bond acceptors (Lipinski definition) is 3. The van der Waals surface area contributed by atoms with Gasteiger partial charge in [0, 0.05) is 36.4 Å². The summed E-state index contributed by atoms with van der Waals surface area (Å²) in [4.78, 5) is 2.44. The summed E-state index contributed by atoms with van der Waals surface area (Å²) in [6.07, 6.45) is 3.56. The Morgan fingerprint density at radius 2 is 1.76 bits per heavy atom. The van der Waals surface area contributed by atoms with E-state index in [9.17, 15) is 9.50 Å². The second-order valence-electron chi connectivity index (χ2n) is 7.45. The molecule has 0 unspecified atom stereocenters. The van der Waals surface area contributed by atoms with Crippen molar-refractivity contribution in [2.45, 2.75) is 43.9 Å². The Morgan fingerprint density at radius 1 is 1.04 bits per heavy atom. The van der Waals surface area contributed by atoms with Crippen molar-refractivity contribution in [3.05, 3.63) is 65.5 Å². The highest BCUT2D eigenvalue weighted by atomic mass is 19.1. The van der Waals surface area contributed by atoms with Gasteiger partial charge in [0.25, 0.3) is 0 Å². The highest BCUT2D eigenvalue weighted by Crippen LogP contribution is 2.40. The molecule has 132 valence electrons. The summed E-state index contributed by atoms with van der Waals surface area (Å²) in [7, 11) is 0. The van der Waals surface area contributed by atoms with E-state index in [4.69, 9.17) is 0 Å². The van der Waals surface area contributed by atoms with Crippen molar-refractivity contribution < 1.29 is 9.50 Å². The number of aliphatic hydroxyl groups excluding tert-OH is 1. The van der Waals surface area contributed by atoms with E-state index in [-0.39, 0.29) is 17.5 Å². The highest BCUT2D eigenvalue weighted by molar-refractivity contribution is 5.55. The van der Waals surface area contributed by atoms with E-state index >= 15 is 0 Å². The number of nitrogens with zero attached hydrogens (tertiary/aromatic N) is 1. The Morgan fingerprint density at radius 3 is 2.52 bits per heavy atom. The fraction of sp³-hybridized carbons (Fsp3) is 0.429. The zero-order chi connectivity index (χ0) is 17.3. The lowest BCUT2D eigenvalue weighted by atomic mass is 9.83. The first kappa shape index (κ1) is 16.6. The van der Waals surface area contributed by atoms with E-state index in [2.05, 4.69) is 16.3 Å². The SMILES string of the molecule is O[C@H]1CCC2(CCN(Cc3ccc(F)cc3)CC2)Nc2ccccc21. The molecule has 4 heteroatoms. The van der Waals surface area contributed by atoms with Crippen LogP contribution in [0, 0.1) is 5.82 Å². The van der Waals surface area contributed by atoms with Gasteiger partial charge in [-0.15, -0.1) is 0 Å². The molecule has 2 aliphatic rings. The minimum absolute atomic E-state index is 0.0763. The van der Waals surface area contributed by atoms with Gasteiger partial charge < -0.3 is 10.4 Å². The van der Waals surface area contributed by atoms with Crippen molar-refractivity contribution in [1.29, 1.82) is 0 Å². The average molecular weight is 340 g/mol. The zero-order valence-corrected chi connectivity index (χ0v) is 14.4. The monoisotopic (exact) mass is 340 g/mol. The third-order valence-electron chi connectivity index (χ3n) is 5.75. The van der Waals surface area contributed by atoms with Gasteiger partial charge in [0.05, 0.1) is 6.10 Å². The molecule has 0 aromatic heterocycles. The van der Waals surface area contributed by atoms with Gasteiger partial charge in [-0.05, 0) is 49.4 Å². The average Bonchev–Trinajstić information content (AvgIpc) is 2.77. The first-order chi connectivity index (χ1) is 12.1. The van der Waals surface area contributed by atoms with Crippen LogP contribution in [0.3, 0.4) is 0 Å². The van der Waals surface area contributed by atoms with Gasteiger partial charge in [-0.25, -0.2) is 4.39 Å². The van der Waals surface area contributed by atoms with E-state index in [1.807, 2.05) is 30.3 Å². The molecule has 2 aromatic carbocycles. The van der Waals surface area contributed by atoms with Crippen LogP contribution in [-0.4, -0.2) is 28.6 Å². The van der Waals surface area contributed by atoms with Crippen molar-refractivity contribution in [1.82, 2.24) is 4.90 Å². The molecule has 0 amide bonds. The van der Waals surface area contributed by atoms with E-state index < -0.39 is 0 Å². The molecular weight excluding hydrogens is 315 g/mol. The summed E-state index contributed by atoms with van der Waals surface area (Å²) in [6.45, 7) is 2.90. The maximum absolute atomic E-state index is 13.1. The van der Waals surface area contributed by atoms with Gasteiger partial charge in [-0.2, -0.15) is 0 Å². The molecule has 1 atom stereocenters. The molecule has 1 spiro atoms. The Labute approximate surface area is 148 Å². The molecule has 1 fully saturated rings. The standard InChI is InChI=1S/C21H25FN2O/c22-17-7-5-16(6-8-17)15-24-13-11-21(12-14-24)10-9-20(25)18-3-1-2-4-19(18)23-21/h1-8,20,23,25H,9-15H2/t20-/m0/s1. The fourth-order valence-electron chi connectivity index (χ4n) is 4.18. The largest absolute Gasteiger partial charge is 0.388 e. The van der Waals surface area contributed by atoms with Crippen LogP contribution in [0.15, 0.2) is 48.5 Å². The molecule has 4 rings (SSSR count). The predicted octanol–water partition coefficient (Wildman–Crippen LogP) is 4.10. The Bertz CT molecular complexity index is 723. The number of anilines is 1. The zero-order valence-electron chi connectivity index (χ0n) is 14.4. The number of piperidine rings is 1. The Hall–Kier alpha value is -1.91. The van der Waals surface area contributed by atoms with Crippen molar-refractivity contribution in [2.75, 3.05) is 18.4 Å². The molecular formula is C21H25FN2O. The smallest absolute Gasteiger partial charge is 0.123 e. The van der Waals surface area contributed by atoms with Crippen LogP contribution in [0.25, 0.3) is 0 Å². The molecule has 2 N–H and O–H groups in total. The van der Waals surface area contributed by atoms with Crippen molar-refractivity contribution in [2.24, 2.45) is 0 Å². The second-order valence-corrected chi connectivity index (χ2v) is 7.45. The highest BCUT2D eigenvalue weighted by Gasteiger charge is 2.37. The molecule has 0 aliphatic carbocycles. The molecule has 2 aliphatic heterocycles. The van der Waals surface area contributed by atoms with Gasteiger partial charge in [0.15, 0.2) is 0 Å². The number of halogens is 1. The number of benzene rings is 2. The van der Waals surface area contributed by atoms with E-state index in [1.54, 1.807) is 0 Å². The molecule has 1 saturated heterocycles. The summed E-state index contributed by atoms with van der Waals surface area (Å²) in [5, 5.41) is 14.2. The Kier molecular flexibility index (Phi) is 4.48. The van der Waals surface area contributed by atoms with Gasteiger partial charge in [0.1, 0.15) is 5.82 Å². The van der Waals surface area contributed by atoms with Crippen LogP contribution in [0.5, 0.6) is 0 Å². The summed E-state index contributed by atoms with van der Waals surface area (Å²) in [5.74, 6) is -0.179. The van der Waals surface area contributed by atoms with Crippen LogP contribution in [-0.2, 0) is 6.54 Å². The number of para-hydroxylation sites is 1. The van der Waals surface area contributed by atoms with E-state index in [1.165, 1.54) is 12.1 Å². The van der Waals surface area contributed by atoms with Crippen molar-refractivity contribution >= 4 is 5.69 Å². The summed E-state index contributed by atoms with van der Waals surface area (Å²) in [6, 6.07) is 14.9. The Balaban J connectivity index is 1.43. The first-order valence-electron chi connectivity index (χ1n) is 9.16. The summed E-state index contributed by atoms with van der Waals surface area (Å²) >= 11 is 0. The number of hydrogen-bond donors (Lipinski definition) is 2. The lowest BCUT2D eigenvalue weighted by Crippen LogP contribution is -2.48. The van der Waals surface area contributed by atoms with Gasteiger partial charge in [0.2, 0.25) is 0 Å². The summed E-state index contributed by atoms with van der Waals surface area (Å²) < 4.78 is 13.1. The third-order valence-corrected chi connectivity index (χ3v) is 5.75. The number of rotatable bonds is 2. The maximum Gasteiger partial charge on any atom is 0.123 e. The molecule has 2 heterocycles. The van der Waals surface area contributed by atoms with Crippen molar-refractivity contribution in [3.63, 3.8) is 0 Å². The first-order valence-corrected chi connectivity index (χ1v) is 9.16. The molecule has 25 heavy (non-hydrogen) atoms. The van der Waals surface area contributed by atoms with Crippen LogP contribution in [0.2, 0.25) is 0 Å². The van der Waals surface area contributed by atoms with E-state index in [0.717, 1.165) is 62.1 Å². The minimum Gasteiger partial charge on any atom is -0.388 e. The number of nitrogens with one attached hydrogen (secondary N) is 1. The topological polar surface area (TPSA) is 35.5 Å². The van der Waals surface area contributed by atoms with Gasteiger partial charge in [-0.3, -0.25) is 4.90 Å². The predicted molar refractivity (Wildman–Crippen MR) is 97.9 cm³/mol. The van der Waals surface area contributed by atoms with Crippen LogP contribution < -0.4 is 5.32 Å².